The Bertz CT molecular complexity index is 1070. The van der Waals surface area contributed by atoms with Gasteiger partial charge in [-0.1, -0.05) is 49.0 Å². The Kier molecular flexibility index (Phi) is 5.49. The smallest absolute Gasteiger partial charge is 0.163 e. The predicted molar refractivity (Wildman–Crippen MR) is 115 cm³/mol. The molecule has 0 radical (unpaired) electrons. The minimum atomic E-state index is 0.175. The van der Waals surface area contributed by atoms with E-state index in [2.05, 4.69) is 28.2 Å². The molecular weight excluding hydrogens is 364 g/mol. The fourth-order valence-electron chi connectivity index (χ4n) is 3.15. The van der Waals surface area contributed by atoms with Crippen LogP contribution in [0.2, 0.25) is 0 Å². The van der Waals surface area contributed by atoms with Crippen molar-refractivity contribution in [2.75, 3.05) is 0 Å². The Morgan fingerprint density at radius 3 is 2.75 bits per heavy atom. The van der Waals surface area contributed by atoms with Crippen molar-refractivity contribution >= 4 is 29.3 Å². The molecule has 0 fully saturated rings. The number of benzene rings is 2. The molecular formula is C24H20N2OS. The summed E-state index contributed by atoms with van der Waals surface area (Å²) in [5.41, 5.74) is 5.08. The first kappa shape index (κ1) is 18.4. The zero-order valence-electron chi connectivity index (χ0n) is 15.6. The van der Waals surface area contributed by atoms with Gasteiger partial charge in [0.05, 0.1) is 18.0 Å². The van der Waals surface area contributed by atoms with Gasteiger partial charge in [0.25, 0.3) is 0 Å². The van der Waals surface area contributed by atoms with Gasteiger partial charge in [0, 0.05) is 33.5 Å². The highest BCUT2D eigenvalue weighted by molar-refractivity contribution is 7.99. The SMILES string of the molecule is CCC(=O)c1ccccc1Sc1ccc2c(c1)CN=C2/C=C/c1ccccn1. The topological polar surface area (TPSA) is 42.3 Å². The van der Waals surface area contributed by atoms with Gasteiger partial charge in [-0.3, -0.25) is 14.8 Å². The Morgan fingerprint density at radius 1 is 1.07 bits per heavy atom. The van der Waals surface area contributed by atoms with Gasteiger partial charge in [0.1, 0.15) is 0 Å². The molecule has 3 aromatic rings. The number of aliphatic imine (C=N–C) groups is 1. The van der Waals surface area contributed by atoms with E-state index < -0.39 is 0 Å². The van der Waals surface area contributed by atoms with Crippen molar-refractivity contribution in [2.24, 2.45) is 4.99 Å². The summed E-state index contributed by atoms with van der Waals surface area (Å²) in [6, 6.07) is 20.1. The first-order chi connectivity index (χ1) is 13.7. The Morgan fingerprint density at radius 2 is 1.93 bits per heavy atom. The van der Waals surface area contributed by atoms with Crippen LogP contribution in [0.25, 0.3) is 6.08 Å². The first-order valence-electron chi connectivity index (χ1n) is 9.31. The zero-order valence-corrected chi connectivity index (χ0v) is 16.4. The number of carbonyl (C=O) groups excluding carboxylic acids is 1. The largest absolute Gasteiger partial charge is 0.294 e. The second kappa shape index (κ2) is 8.36. The molecule has 1 aliphatic heterocycles. The van der Waals surface area contributed by atoms with E-state index in [9.17, 15) is 4.79 Å². The lowest BCUT2D eigenvalue weighted by Gasteiger charge is -2.09. The molecule has 0 N–H and O–H groups in total. The summed E-state index contributed by atoms with van der Waals surface area (Å²) in [5, 5.41) is 0. The van der Waals surface area contributed by atoms with Gasteiger partial charge in [-0.15, -0.1) is 0 Å². The molecule has 0 saturated heterocycles. The van der Waals surface area contributed by atoms with E-state index in [4.69, 9.17) is 0 Å². The first-order valence-corrected chi connectivity index (χ1v) is 10.1. The fraction of sp³-hybridized carbons (Fsp3) is 0.125. The molecule has 1 aromatic heterocycles. The summed E-state index contributed by atoms with van der Waals surface area (Å²) < 4.78 is 0. The van der Waals surface area contributed by atoms with Crippen LogP contribution in [0, 0.1) is 0 Å². The van der Waals surface area contributed by atoms with E-state index in [1.165, 1.54) is 5.56 Å². The van der Waals surface area contributed by atoms with Gasteiger partial charge in [0.15, 0.2) is 5.78 Å². The number of fused-ring (bicyclic) bond motifs is 1. The molecule has 0 atom stereocenters. The third-order valence-corrected chi connectivity index (χ3v) is 5.67. The summed E-state index contributed by atoms with van der Waals surface area (Å²) >= 11 is 1.64. The number of pyridine rings is 1. The molecule has 0 bridgehead atoms. The summed E-state index contributed by atoms with van der Waals surface area (Å²) in [5.74, 6) is 0.175. The number of ketones is 1. The highest BCUT2D eigenvalue weighted by Crippen LogP contribution is 2.33. The highest BCUT2D eigenvalue weighted by atomic mass is 32.2. The van der Waals surface area contributed by atoms with E-state index in [0.29, 0.717) is 13.0 Å². The van der Waals surface area contributed by atoms with E-state index in [0.717, 1.165) is 32.3 Å². The average Bonchev–Trinajstić information content (AvgIpc) is 3.15. The third kappa shape index (κ3) is 3.97. The molecule has 0 aliphatic carbocycles. The number of nitrogens with zero attached hydrogens (tertiary/aromatic N) is 2. The Labute approximate surface area is 169 Å². The summed E-state index contributed by atoms with van der Waals surface area (Å²) in [4.78, 5) is 23.3. The standard InChI is InChI=1S/C24H20N2OS/c1-2-23(27)21-8-3-4-9-24(21)28-19-11-12-20-17(15-19)16-26-22(20)13-10-18-7-5-6-14-25-18/h3-15H,2,16H2,1H3/b13-10+. The summed E-state index contributed by atoms with van der Waals surface area (Å²) in [6.45, 7) is 2.58. The molecule has 2 aromatic carbocycles. The molecule has 28 heavy (non-hydrogen) atoms. The number of aromatic nitrogens is 1. The van der Waals surface area contributed by atoms with E-state index in [-0.39, 0.29) is 5.78 Å². The monoisotopic (exact) mass is 384 g/mol. The number of Topliss-reactive ketones (excluding diaryl/α,β-unsaturated/α-hetero) is 1. The zero-order chi connectivity index (χ0) is 19.3. The third-order valence-electron chi connectivity index (χ3n) is 4.61. The van der Waals surface area contributed by atoms with Crippen molar-refractivity contribution < 1.29 is 4.79 Å². The molecule has 0 unspecified atom stereocenters. The average molecular weight is 385 g/mol. The molecule has 3 nitrogen and oxygen atoms in total. The van der Waals surface area contributed by atoms with Crippen LogP contribution in [0.4, 0.5) is 0 Å². The summed E-state index contributed by atoms with van der Waals surface area (Å²) in [7, 11) is 0. The van der Waals surface area contributed by atoms with E-state index in [1.54, 1.807) is 18.0 Å². The number of hydrogen-bond acceptors (Lipinski definition) is 4. The van der Waals surface area contributed by atoms with Gasteiger partial charge in [-0.05, 0) is 48.0 Å². The van der Waals surface area contributed by atoms with Crippen LogP contribution in [0.15, 0.2) is 87.7 Å². The summed E-state index contributed by atoms with van der Waals surface area (Å²) in [6.07, 6.45) is 6.32. The lowest BCUT2D eigenvalue weighted by molar-refractivity contribution is 0.0985. The predicted octanol–water partition coefficient (Wildman–Crippen LogP) is 5.84. The van der Waals surface area contributed by atoms with Crippen LogP contribution in [0.1, 0.15) is 40.5 Å². The maximum atomic E-state index is 12.2. The maximum Gasteiger partial charge on any atom is 0.163 e. The van der Waals surface area contributed by atoms with Gasteiger partial charge >= 0.3 is 0 Å². The number of hydrogen-bond donors (Lipinski definition) is 0. The van der Waals surface area contributed by atoms with Gasteiger partial charge < -0.3 is 0 Å². The van der Waals surface area contributed by atoms with E-state index in [1.807, 2.05) is 61.5 Å². The Hall–Kier alpha value is -2.98. The molecule has 0 saturated carbocycles. The molecule has 4 rings (SSSR count). The number of allylic oxidation sites excluding steroid dienone is 1. The van der Waals surface area contributed by atoms with Crippen LogP contribution < -0.4 is 0 Å². The van der Waals surface area contributed by atoms with Gasteiger partial charge in [-0.2, -0.15) is 0 Å². The van der Waals surface area contributed by atoms with Crippen LogP contribution in [-0.2, 0) is 6.54 Å². The maximum absolute atomic E-state index is 12.2. The lowest BCUT2D eigenvalue weighted by atomic mass is 10.1. The van der Waals surface area contributed by atoms with Gasteiger partial charge in [0.2, 0.25) is 0 Å². The quantitative estimate of drug-likeness (QED) is 0.501. The van der Waals surface area contributed by atoms with Crippen LogP contribution in [-0.4, -0.2) is 16.5 Å². The number of rotatable bonds is 6. The number of carbonyl (C=O) groups is 1. The second-order valence-corrected chi connectivity index (χ2v) is 7.60. The van der Waals surface area contributed by atoms with Crippen molar-refractivity contribution in [1.82, 2.24) is 4.98 Å². The van der Waals surface area contributed by atoms with Crippen LogP contribution in [0.3, 0.4) is 0 Å². The van der Waals surface area contributed by atoms with Crippen molar-refractivity contribution in [3.8, 4) is 0 Å². The fourth-order valence-corrected chi connectivity index (χ4v) is 4.18. The highest BCUT2D eigenvalue weighted by Gasteiger charge is 2.16. The van der Waals surface area contributed by atoms with Crippen molar-refractivity contribution in [3.05, 3.63) is 95.3 Å². The van der Waals surface area contributed by atoms with Crippen molar-refractivity contribution in [2.45, 2.75) is 29.7 Å². The lowest BCUT2D eigenvalue weighted by Crippen LogP contribution is -1.98. The Balaban J connectivity index is 1.54. The molecule has 1 aliphatic rings. The van der Waals surface area contributed by atoms with Crippen LogP contribution in [0.5, 0.6) is 0 Å². The van der Waals surface area contributed by atoms with E-state index >= 15 is 0 Å². The molecule has 0 spiro atoms. The molecule has 0 amide bonds. The second-order valence-electron chi connectivity index (χ2n) is 6.48. The molecule has 138 valence electrons. The minimum absolute atomic E-state index is 0.175. The minimum Gasteiger partial charge on any atom is -0.294 e. The van der Waals surface area contributed by atoms with Crippen molar-refractivity contribution in [3.63, 3.8) is 0 Å². The van der Waals surface area contributed by atoms with Crippen molar-refractivity contribution in [1.29, 1.82) is 0 Å². The normalized spacial score (nSPS) is 12.8. The molecule has 2 heterocycles. The molecule has 4 heteroatoms. The van der Waals surface area contributed by atoms with Crippen LogP contribution >= 0.6 is 11.8 Å². The van der Waals surface area contributed by atoms with Gasteiger partial charge in [-0.25, -0.2) is 0 Å².